The van der Waals surface area contributed by atoms with Crippen LogP contribution < -0.4 is 0 Å². The maximum atomic E-state index is 12.1. The predicted molar refractivity (Wildman–Crippen MR) is 165 cm³/mol. The van der Waals surface area contributed by atoms with Crippen LogP contribution in [0.25, 0.3) is 0 Å². The highest BCUT2D eigenvalue weighted by Gasteiger charge is 2.44. The molecule has 0 aromatic rings. The number of ether oxygens (including phenoxy) is 2. The Morgan fingerprint density at radius 3 is 1.43 bits per heavy atom. The van der Waals surface area contributed by atoms with Crippen LogP contribution >= 0.6 is 0 Å². The molecule has 2 amide bonds. The third-order valence-electron chi connectivity index (χ3n) is 10.2. The van der Waals surface area contributed by atoms with Crippen LogP contribution in [-0.4, -0.2) is 77.4 Å². The van der Waals surface area contributed by atoms with Gasteiger partial charge in [-0.3, -0.25) is 0 Å². The SMILES string of the molecule is CC(C)(C)OC(=O)N1CCC(C=O)(C2CCCCC2)CC1.CC(C)(C)OC(=O)N1CCC(CO)(C2CCCCC2)CC1. The second kappa shape index (κ2) is 14.8. The molecule has 0 radical (unpaired) electrons. The minimum absolute atomic E-state index is 0.0406. The molecule has 2 heterocycles. The Morgan fingerprint density at radius 1 is 0.690 bits per heavy atom. The van der Waals surface area contributed by atoms with Gasteiger partial charge in [0.1, 0.15) is 17.5 Å². The van der Waals surface area contributed by atoms with Crippen LogP contribution in [0.5, 0.6) is 0 Å². The molecule has 0 atom stereocenters. The second-order valence-electron chi connectivity index (χ2n) is 15.5. The number of nitrogens with zero attached hydrogens (tertiary/aromatic N) is 2. The van der Waals surface area contributed by atoms with Crippen molar-refractivity contribution in [3.05, 3.63) is 0 Å². The zero-order chi connectivity index (χ0) is 31.0. The van der Waals surface area contributed by atoms with Crippen LogP contribution in [-0.2, 0) is 14.3 Å². The van der Waals surface area contributed by atoms with Gasteiger partial charge >= 0.3 is 12.2 Å². The van der Waals surface area contributed by atoms with E-state index in [2.05, 4.69) is 0 Å². The lowest BCUT2D eigenvalue weighted by Crippen LogP contribution is -2.49. The first-order valence-corrected chi connectivity index (χ1v) is 16.8. The molecule has 2 aliphatic carbocycles. The summed E-state index contributed by atoms with van der Waals surface area (Å²) in [5, 5.41) is 9.97. The maximum Gasteiger partial charge on any atom is 0.410 e. The molecule has 242 valence electrons. The molecule has 8 heteroatoms. The molecular weight excluding hydrogens is 532 g/mol. The Morgan fingerprint density at radius 2 is 1.07 bits per heavy atom. The molecule has 1 N–H and O–H groups in total. The molecular formula is C34H60N2O6. The van der Waals surface area contributed by atoms with Gasteiger partial charge in [0.25, 0.3) is 0 Å². The van der Waals surface area contributed by atoms with Crippen molar-refractivity contribution in [2.45, 2.75) is 143 Å². The fourth-order valence-corrected chi connectivity index (χ4v) is 7.60. The van der Waals surface area contributed by atoms with Gasteiger partial charge in [-0.25, -0.2) is 9.59 Å². The molecule has 0 aromatic carbocycles. The fourth-order valence-electron chi connectivity index (χ4n) is 7.60. The first-order chi connectivity index (χ1) is 19.7. The monoisotopic (exact) mass is 592 g/mol. The number of likely N-dealkylation sites (tertiary alicyclic amines) is 2. The molecule has 4 rings (SSSR count). The highest BCUT2D eigenvalue weighted by molar-refractivity contribution is 5.69. The first-order valence-electron chi connectivity index (χ1n) is 16.8. The van der Waals surface area contributed by atoms with Gasteiger partial charge in [-0.1, -0.05) is 38.5 Å². The average molecular weight is 593 g/mol. The van der Waals surface area contributed by atoms with Crippen molar-refractivity contribution in [3.63, 3.8) is 0 Å². The van der Waals surface area contributed by atoms with E-state index in [-0.39, 0.29) is 29.6 Å². The number of rotatable bonds is 4. The third-order valence-corrected chi connectivity index (χ3v) is 10.2. The fraction of sp³-hybridized carbons (Fsp3) is 0.912. The van der Waals surface area contributed by atoms with Crippen molar-refractivity contribution in [1.29, 1.82) is 0 Å². The first kappa shape index (κ1) is 34.7. The summed E-state index contributed by atoms with van der Waals surface area (Å²) in [6.07, 6.45) is 16.7. The number of aliphatic hydroxyl groups excluding tert-OH is 1. The van der Waals surface area contributed by atoms with E-state index in [1.807, 2.05) is 46.4 Å². The quantitative estimate of drug-likeness (QED) is 0.343. The van der Waals surface area contributed by atoms with Crippen LogP contribution in [0.2, 0.25) is 0 Å². The predicted octanol–water partition coefficient (Wildman–Crippen LogP) is 7.36. The average Bonchev–Trinajstić information content (AvgIpc) is 2.97. The lowest BCUT2D eigenvalue weighted by atomic mass is 9.64. The Bertz CT molecular complexity index is 863. The van der Waals surface area contributed by atoms with Crippen molar-refractivity contribution < 1.29 is 29.0 Å². The Balaban J connectivity index is 0.000000230. The van der Waals surface area contributed by atoms with Crippen LogP contribution in [0.15, 0.2) is 0 Å². The van der Waals surface area contributed by atoms with Crippen LogP contribution in [0.3, 0.4) is 0 Å². The molecule has 2 saturated heterocycles. The lowest BCUT2D eigenvalue weighted by Gasteiger charge is -2.47. The van der Waals surface area contributed by atoms with Gasteiger partial charge in [-0.05, 0) is 110 Å². The number of aldehydes is 1. The minimum atomic E-state index is -0.459. The number of piperidine rings is 2. The number of hydrogen-bond acceptors (Lipinski definition) is 6. The van der Waals surface area contributed by atoms with Crippen molar-refractivity contribution in [1.82, 2.24) is 9.80 Å². The number of aliphatic hydroxyl groups is 1. The molecule has 0 spiro atoms. The smallest absolute Gasteiger partial charge is 0.410 e. The Hall–Kier alpha value is -1.83. The van der Waals surface area contributed by atoms with Gasteiger partial charge in [0, 0.05) is 38.2 Å². The molecule has 8 nitrogen and oxygen atoms in total. The van der Waals surface area contributed by atoms with Crippen molar-refractivity contribution in [3.8, 4) is 0 Å². The van der Waals surface area contributed by atoms with E-state index < -0.39 is 11.2 Å². The summed E-state index contributed by atoms with van der Waals surface area (Å²) in [5.41, 5.74) is -1.05. The van der Waals surface area contributed by atoms with Crippen LogP contribution in [0.1, 0.15) is 131 Å². The number of amides is 2. The summed E-state index contributed by atoms with van der Waals surface area (Å²) in [4.78, 5) is 39.6. The maximum absolute atomic E-state index is 12.1. The topological polar surface area (TPSA) is 96.4 Å². The summed E-state index contributed by atoms with van der Waals surface area (Å²) in [5.74, 6) is 1.15. The van der Waals surface area contributed by atoms with Gasteiger partial charge < -0.3 is 29.2 Å². The van der Waals surface area contributed by atoms with Crippen molar-refractivity contribution in [2.24, 2.45) is 22.7 Å². The zero-order valence-corrected chi connectivity index (χ0v) is 27.5. The van der Waals surface area contributed by atoms with Crippen LogP contribution in [0, 0.1) is 22.7 Å². The van der Waals surface area contributed by atoms with E-state index in [1.54, 1.807) is 4.90 Å². The molecule has 4 aliphatic rings. The summed E-state index contributed by atoms with van der Waals surface area (Å²) >= 11 is 0. The van der Waals surface area contributed by atoms with Crippen molar-refractivity contribution in [2.75, 3.05) is 32.8 Å². The van der Waals surface area contributed by atoms with E-state index in [0.29, 0.717) is 38.0 Å². The number of hydrogen-bond donors (Lipinski definition) is 1. The molecule has 2 aliphatic heterocycles. The molecule has 42 heavy (non-hydrogen) atoms. The van der Waals surface area contributed by atoms with E-state index in [4.69, 9.17) is 9.47 Å². The molecule has 2 saturated carbocycles. The normalized spacial score (nSPS) is 23.8. The summed E-state index contributed by atoms with van der Waals surface area (Å²) in [6, 6.07) is 0. The van der Waals surface area contributed by atoms with E-state index >= 15 is 0 Å². The number of carbonyl (C=O) groups is 3. The standard InChI is InChI=1S/C17H31NO3.C17H29NO3/c2*1-16(2,3)21-15(20)18-11-9-17(13-19,10-12-18)14-7-5-4-6-8-14/h14,19H,4-13H2,1-3H3;13-14H,4-12H2,1-3H3. The zero-order valence-electron chi connectivity index (χ0n) is 27.5. The Labute approximate surface area is 255 Å². The third kappa shape index (κ3) is 9.59. The number of carbonyl (C=O) groups excluding carboxylic acids is 3. The summed E-state index contributed by atoms with van der Waals surface area (Å²) in [6.45, 7) is 14.3. The Kier molecular flexibility index (Phi) is 12.2. The highest BCUT2D eigenvalue weighted by atomic mass is 16.6. The molecule has 4 fully saturated rings. The van der Waals surface area contributed by atoms with Gasteiger partial charge in [-0.15, -0.1) is 0 Å². The summed E-state index contributed by atoms with van der Waals surface area (Å²) in [7, 11) is 0. The van der Waals surface area contributed by atoms with Gasteiger partial charge in [-0.2, -0.15) is 0 Å². The minimum Gasteiger partial charge on any atom is -0.444 e. The second-order valence-corrected chi connectivity index (χ2v) is 15.5. The van der Waals surface area contributed by atoms with E-state index in [0.717, 1.165) is 25.7 Å². The van der Waals surface area contributed by atoms with E-state index in [9.17, 15) is 19.5 Å². The van der Waals surface area contributed by atoms with Gasteiger partial charge in [0.05, 0.1) is 0 Å². The largest absolute Gasteiger partial charge is 0.444 e. The highest BCUT2D eigenvalue weighted by Crippen LogP contribution is 2.46. The lowest BCUT2D eigenvalue weighted by molar-refractivity contribution is -0.123. The van der Waals surface area contributed by atoms with Crippen molar-refractivity contribution >= 4 is 18.5 Å². The van der Waals surface area contributed by atoms with Gasteiger partial charge in [0.15, 0.2) is 0 Å². The summed E-state index contributed by atoms with van der Waals surface area (Å²) < 4.78 is 10.9. The van der Waals surface area contributed by atoms with E-state index in [1.165, 1.54) is 70.5 Å². The molecule has 0 unspecified atom stereocenters. The van der Waals surface area contributed by atoms with Crippen LogP contribution in [0.4, 0.5) is 9.59 Å². The van der Waals surface area contributed by atoms with Gasteiger partial charge in [0.2, 0.25) is 0 Å². The molecule has 0 bridgehead atoms. The molecule has 0 aromatic heterocycles.